The van der Waals surface area contributed by atoms with E-state index in [4.69, 9.17) is 4.98 Å². The van der Waals surface area contributed by atoms with Crippen LogP contribution in [-0.4, -0.2) is 4.98 Å². The number of fused-ring (bicyclic) bond motifs is 3. The third-order valence-electron chi connectivity index (χ3n) is 11.3. The van der Waals surface area contributed by atoms with E-state index < -0.39 is 0 Å². The standard InChI is InChI=1S/C54H40N2/c1-54(2)36-51(53-52(54)12-7-33-55-53)43-25-31-50(32-26-43)56(49-29-23-42(24-30-49)47-20-18-38-9-4-6-11-45(38)35-47)48-27-21-40(22-28-48)39-13-15-41(16-14-39)46-19-17-37-8-3-5-10-44(37)34-46/h3-36H,1-2H3. The summed E-state index contributed by atoms with van der Waals surface area (Å²) in [7, 11) is 0. The van der Waals surface area contributed by atoms with Crippen LogP contribution in [0.3, 0.4) is 0 Å². The molecular weight excluding hydrogens is 677 g/mol. The Kier molecular flexibility index (Phi) is 8.19. The predicted molar refractivity (Wildman–Crippen MR) is 237 cm³/mol. The fourth-order valence-corrected chi connectivity index (χ4v) is 8.30. The zero-order chi connectivity index (χ0) is 37.6. The highest BCUT2D eigenvalue weighted by Crippen LogP contribution is 2.43. The first kappa shape index (κ1) is 33.5. The van der Waals surface area contributed by atoms with E-state index in [0.717, 1.165) is 22.8 Å². The van der Waals surface area contributed by atoms with Crippen LogP contribution in [-0.2, 0) is 5.41 Å². The molecule has 0 unspecified atom stereocenters. The number of nitrogens with zero attached hydrogens (tertiary/aromatic N) is 2. The molecule has 2 heteroatoms. The number of anilines is 3. The van der Waals surface area contributed by atoms with E-state index in [2.05, 4.69) is 213 Å². The SMILES string of the molecule is CC1(C)C=C(c2ccc(N(c3ccc(-c4ccc(-c5ccc6ccccc6c5)cc4)cc3)c3ccc(-c4ccc5ccccc5c4)cc3)cc2)c2ncccc21. The predicted octanol–water partition coefficient (Wildman–Crippen LogP) is 14.6. The zero-order valence-corrected chi connectivity index (χ0v) is 31.5. The summed E-state index contributed by atoms with van der Waals surface area (Å²) in [5.74, 6) is 0. The Balaban J connectivity index is 0.982. The maximum atomic E-state index is 4.80. The summed E-state index contributed by atoms with van der Waals surface area (Å²) < 4.78 is 0. The second-order valence-electron chi connectivity index (χ2n) is 15.4. The molecule has 266 valence electrons. The highest BCUT2D eigenvalue weighted by molar-refractivity contribution is 5.90. The van der Waals surface area contributed by atoms with Crippen molar-refractivity contribution in [1.82, 2.24) is 4.98 Å². The van der Waals surface area contributed by atoms with Crippen LogP contribution in [0.1, 0.15) is 30.7 Å². The highest BCUT2D eigenvalue weighted by atomic mass is 15.1. The van der Waals surface area contributed by atoms with Crippen molar-refractivity contribution in [2.75, 3.05) is 4.90 Å². The molecule has 1 aliphatic rings. The smallest absolute Gasteiger partial charge is 0.0745 e. The van der Waals surface area contributed by atoms with Gasteiger partial charge in [0.2, 0.25) is 0 Å². The summed E-state index contributed by atoms with van der Waals surface area (Å²) in [5.41, 5.74) is 15.2. The molecule has 10 rings (SSSR count). The first-order chi connectivity index (χ1) is 27.5. The van der Waals surface area contributed by atoms with Crippen molar-refractivity contribution in [2.24, 2.45) is 0 Å². The maximum Gasteiger partial charge on any atom is 0.0745 e. The summed E-state index contributed by atoms with van der Waals surface area (Å²) in [6.07, 6.45) is 4.25. The lowest BCUT2D eigenvalue weighted by Gasteiger charge is -2.26. The van der Waals surface area contributed by atoms with E-state index in [1.165, 1.54) is 71.6 Å². The van der Waals surface area contributed by atoms with Gasteiger partial charge in [0.1, 0.15) is 0 Å². The van der Waals surface area contributed by atoms with Gasteiger partial charge in [-0.1, -0.05) is 159 Å². The van der Waals surface area contributed by atoms with E-state index in [0.29, 0.717) is 0 Å². The second kappa shape index (κ2) is 13.7. The fourth-order valence-electron chi connectivity index (χ4n) is 8.30. The van der Waals surface area contributed by atoms with E-state index >= 15 is 0 Å². The van der Waals surface area contributed by atoms with Crippen molar-refractivity contribution in [3.63, 3.8) is 0 Å². The fraction of sp³-hybridized carbons (Fsp3) is 0.0556. The normalized spacial score (nSPS) is 13.1. The molecule has 56 heavy (non-hydrogen) atoms. The van der Waals surface area contributed by atoms with Gasteiger partial charge < -0.3 is 4.90 Å². The molecule has 0 N–H and O–H groups in total. The van der Waals surface area contributed by atoms with Crippen molar-refractivity contribution in [2.45, 2.75) is 19.3 Å². The van der Waals surface area contributed by atoms with Gasteiger partial charge in [-0.2, -0.15) is 0 Å². The van der Waals surface area contributed by atoms with Crippen LogP contribution >= 0.6 is 0 Å². The zero-order valence-electron chi connectivity index (χ0n) is 31.5. The number of rotatable bonds is 7. The molecular formula is C54H40N2. The number of benzene rings is 8. The Bertz CT molecular complexity index is 2900. The minimum Gasteiger partial charge on any atom is -0.311 e. The largest absolute Gasteiger partial charge is 0.311 e. The summed E-state index contributed by atoms with van der Waals surface area (Å²) in [4.78, 5) is 7.15. The average Bonchev–Trinajstić information content (AvgIpc) is 3.54. The number of allylic oxidation sites excluding steroid dienone is 1. The molecule has 0 fully saturated rings. The topological polar surface area (TPSA) is 16.1 Å². The van der Waals surface area contributed by atoms with Gasteiger partial charge in [-0.25, -0.2) is 0 Å². The third-order valence-corrected chi connectivity index (χ3v) is 11.3. The Labute approximate surface area is 328 Å². The van der Waals surface area contributed by atoms with Crippen LogP contribution in [0.5, 0.6) is 0 Å². The molecule has 1 aliphatic carbocycles. The average molecular weight is 717 g/mol. The quantitative estimate of drug-likeness (QED) is 0.163. The third kappa shape index (κ3) is 6.16. The van der Waals surface area contributed by atoms with Gasteiger partial charge in [0, 0.05) is 34.2 Å². The molecule has 1 aromatic heterocycles. The molecule has 0 aliphatic heterocycles. The Hall–Kier alpha value is -7.03. The van der Waals surface area contributed by atoms with Gasteiger partial charge in [0.05, 0.1) is 5.69 Å². The summed E-state index contributed by atoms with van der Waals surface area (Å²) in [6.45, 7) is 4.53. The number of hydrogen-bond acceptors (Lipinski definition) is 2. The highest BCUT2D eigenvalue weighted by Gasteiger charge is 2.31. The van der Waals surface area contributed by atoms with Crippen molar-refractivity contribution in [3.05, 3.63) is 223 Å². The first-order valence-corrected chi connectivity index (χ1v) is 19.4. The molecule has 2 nitrogen and oxygen atoms in total. The molecule has 0 bridgehead atoms. The number of hydrogen-bond donors (Lipinski definition) is 0. The Morgan fingerprint density at radius 1 is 0.375 bits per heavy atom. The lowest BCUT2D eigenvalue weighted by atomic mass is 9.88. The molecule has 8 aromatic carbocycles. The van der Waals surface area contributed by atoms with Crippen molar-refractivity contribution >= 4 is 44.2 Å². The molecule has 0 saturated heterocycles. The molecule has 0 amide bonds. The number of aromatic nitrogens is 1. The molecule has 1 heterocycles. The molecule has 0 saturated carbocycles. The van der Waals surface area contributed by atoms with Crippen LogP contribution in [0, 0.1) is 0 Å². The van der Waals surface area contributed by atoms with Crippen LogP contribution in [0.25, 0.3) is 60.5 Å². The van der Waals surface area contributed by atoms with Gasteiger partial charge in [0.15, 0.2) is 0 Å². The van der Waals surface area contributed by atoms with E-state index in [1.807, 2.05) is 12.3 Å². The minimum absolute atomic E-state index is 0.0606. The van der Waals surface area contributed by atoms with Crippen LogP contribution in [0.2, 0.25) is 0 Å². The van der Waals surface area contributed by atoms with Crippen molar-refractivity contribution in [3.8, 4) is 33.4 Å². The lowest BCUT2D eigenvalue weighted by Crippen LogP contribution is -2.10. The van der Waals surface area contributed by atoms with Crippen LogP contribution < -0.4 is 4.90 Å². The summed E-state index contributed by atoms with van der Waals surface area (Å²) in [5, 5.41) is 5.02. The van der Waals surface area contributed by atoms with Gasteiger partial charge in [-0.05, 0) is 121 Å². The first-order valence-electron chi connectivity index (χ1n) is 19.4. The lowest BCUT2D eigenvalue weighted by molar-refractivity contribution is 0.680. The molecule has 0 atom stereocenters. The summed E-state index contributed by atoms with van der Waals surface area (Å²) >= 11 is 0. The van der Waals surface area contributed by atoms with Gasteiger partial charge in [-0.3, -0.25) is 4.98 Å². The summed E-state index contributed by atoms with van der Waals surface area (Å²) in [6, 6.07) is 70.5. The second-order valence-corrected chi connectivity index (χ2v) is 15.4. The molecule has 0 radical (unpaired) electrons. The number of pyridine rings is 1. The molecule has 0 spiro atoms. The van der Waals surface area contributed by atoms with Crippen molar-refractivity contribution < 1.29 is 0 Å². The van der Waals surface area contributed by atoms with E-state index in [1.54, 1.807) is 0 Å². The van der Waals surface area contributed by atoms with Crippen molar-refractivity contribution in [1.29, 1.82) is 0 Å². The monoisotopic (exact) mass is 716 g/mol. The van der Waals surface area contributed by atoms with Gasteiger partial charge in [0.25, 0.3) is 0 Å². The van der Waals surface area contributed by atoms with E-state index in [-0.39, 0.29) is 5.41 Å². The molecule has 9 aromatic rings. The maximum absolute atomic E-state index is 4.80. The van der Waals surface area contributed by atoms with Gasteiger partial charge in [-0.15, -0.1) is 0 Å². The minimum atomic E-state index is -0.0606. The van der Waals surface area contributed by atoms with Crippen LogP contribution in [0.15, 0.2) is 206 Å². The Morgan fingerprint density at radius 3 is 1.25 bits per heavy atom. The van der Waals surface area contributed by atoms with Gasteiger partial charge >= 0.3 is 0 Å². The Morgan fingerprint density at radius 2 is 0.768 bits per heavy atom. The van der Waals surface area contributed by atoms with E-state index in [9.17, 15) is 0 Å². The van der Waals surface area contributed by atoms with Crippen LogP contribution in [0.4, 0.5) is 17.1 Å².